The van der Waals surface area contributed by atoms with E-state index in [4.69, 9.17) is 5.73 Å². The Morgan fingerprint density at radius 1 is 1.31 bits per heavy atom. The average Bonchev–Trinajstić information content (AvgIpc) is 2.08. The topological polar surface area (TPSA) is 38.0 Å². The van der Waals surface area contributed by atoms with Gasteiger partial charge in [-0.05, 0) is 24.1 Å². The number of nitrogens with two attached hydrogens (primary N) is 1. The maximum atomic E-state index is 5.80. The lowest BCUT2D eigenvalue weighted by Gasteiger charge is -2.08. The second-order valence-corrected chi connectivity index (χ2v) is 3.72. The van der Waals surface area contributed by atoms with Crippen LogP contribution in [0.3, 0.4) is 0 Å². The molecule has 0 atom stereocenters. The summed E-state index contributed by atoms with van der Waals surface area (Å²) in [6.07, 6.45) is 0. The molecule has 0 aliphatic rings. The first-order valence-corrected chi connectivity index (χ1v) is 4.74. The molecule has 2 nitrogen and oxygen atoms in total. The fourth-order valence-electron chi connectivity index (χ4n) is 1.19. The summed E-state index contributed by atoms with van der Waals surface area (Å²) in [7, 11) is 0. The Labute approximate surface area is 80.1 Å². The number of hydrogen-bond acceptors (Lipinski definition) is 2. The maximum Gasteiger partial charge on any atom is 0.0359 e. The second kappa shape index (κ2) is 4.87. The highest BCUT2D eigenvalue weighted by Gasteiger charge is 1.97. The van der Waals surface area contributed by atoms with Gasteiger partial charge in [0.2, 0.25) is 0 Å². The summed E-state index contributed by atoms with van der Waals surface area (Å²) < 4.78 is 0. The molecule has 0 bridgehead atoms. The van der Waals surface area contributed by atoms with Crippen molar-refractivity contribution in [3.63, 3.8) is 0 Å². The van der Waals surface area contributed by atoms with Crippen molar-refractivity contribution in [2.24, 2.45) is 5.92 Å². The summed E-state index contributed by atoms with van der Waals surface area (Å²) in [5, 5.41) is 3.36. The summed E-state index contributed by atoms with van der Waals surface area (Å²) in [6, 6.07) is 7.97. The van der Waals surface area contributed by atoms with Gasteiger partial charge in [-0.3, -0.25) is 0 Å². The number of para-hydroxylation sites is 1. The minimum Gasteiger partial charge on any atom is -0.398 e. The van der Waals surface area contributed by atoms with Crippen LogP contribution < -0.4 is 11.1 Å². The van der Waals surface area contributed by atoms with Crippen LogP contribution in [0.4, 0.5) is 5.69 Å². The fraction of sp³-hybridized carbons (Fsp3) is 0.455. The van der Waals surface area contributed by atoms with E-state index in [1.165, 1.54) is 5.56 Å². The third-order valence-corrected chi connectivity index (χ3v) is 1.92. The summed E-state index contributed by atoms with van der Waals surface area (Å²) in [5.41, 5.74) is 7.85. The van der Waals surface area contributed by atoms with E-state index in [1.807, 2.05) is 18.2 Å². The van der Waals surface area contributed by atoms with E-state index in [0.717, 1.165) is 18.8 Å². The molecule has 0 aromatic heterocycles. The second-order valence-electron chi connectivity index (χ2n) is 3.72. The Morgan fingerprint density at radius 2 is 2.00 bits per heavy atom. The lowest BCUT2D eigenvalue weighted by atomic mass is 10.1. The highest BCUT2D eigenvalue weighted by Crippen LogP contribution is 2.09. The molecule has 0 aliphatic heterocycles. The normalized spacial score (nSPS) is 10.7. The van der Waals surface area contributed by atoms with Gasteiger partial charge in [-0.15, -0.1) is 0 Å². The van der Waals surface area contributed by atoms with Crippen LogP contribution in [0.2, 0.25) is 0 Å². The molecule has 0 spiro atoms. The Balaban J connectivity index is 2.41. The molecule has 1 aromatic carbocycles. The smallest absolute Gasteiger partial charge is 0.0359 e. The van der Waals surface area contributed by atoms with E-state index in [-0.39, 0.29) is 0 Å². The Morgan fingerprint density at radius 3 is 2.62 bits per heavy atom. The average molecular weight is 178 g/mol. The zero-order valence-corrected chi connectivity index (χ0v) is 8.38. The summed E-state index contributed by atoms with van der Waals surface area (Å²) in [5.74, 6) is 0.685. The Kier molecular flexibility index (Phi) is 3.77. The molecule has 0 amide bonds. The van der Waals surface area contributed by atoms with Crippen LogP contribution in [-0.4, -0.2) is 6.54 Å². The molecular weight excluding hydrogens is 160 g/mol. The molecule has 1 rings (SSSR count). The van der Waals surface area contributed by atoms with Crippen molar-refractivity contribution in [2.75, 3.05) is 12.3 Å². The van der Waals surface area contributed by atoms with Gasteiger partial charge in [0.25, 0.3) is 0 Å². The highest BCUT2D eigenvalue weighted by atomic mass is 14.9. The predicted octanol–water partition coefficient (Wildman–Crippen LogP) is 2.01. The monoisotopic (exact) mass is 178 g/mol. The SMILES string of the molecule is CC(C)CNCc1ccccc1N. The molecule has 72 valence electrons. The number of anilines is 1. The molecule has 0 radical (unpaired) electrons. The van der Waals surface area contributed by atoms with Gasteiger partial charge in [-0.1, -0.05) is 32.0 Å². The fourth-order valence-corrected chi connectivity index (χ4v) is 1.19. The largest absolute Gasteiger partial charge is 0.398 e. The molecule has 0 saturated carbocycles. The Hall–Kier alpha value is -1.02. The molecular formula is C11H18N2. The molecule has 0 saturated heterocycles. The molecule has 2 heteroatoms. The van der Waals surface area contributed by atoms with Crippen molar-refractivity contribution in [3.05, 3.63) is 29.8 Å². The summed E-state index contributed by atoms with van der Waals surface area (Å²) in [6.45, 7) is 6.29. The van der Waals surface area contributed by atoms with Crippen molar-refractivity contribution in [3.8, 4) is 0 Å². The highest BCUT2D eigenvalue weighted by molar-refractivity contribution is 5.46. The number of nitrogens with one attached hydrogen (secondary N) is 1. The zero-order valence-electron chi connectivity index (χ0n) is 8.38. The van der Waals surface area contributed by atoms with E-state index in [9.17, 15) is 0 Å². The van der Waals surface area contributed by atoms with E-state index in [2.05, 4.69) is 25.2 Å². The van der Waals surface area contributed by atoms with Gasteiger partial charge in [0, 0.05) is 12.2 Å². The molecule has 0 unspecified atom stereocenters. The maximum absolute atomic E-state index is 5.80. The van der Waals surface area contributed by atoms with Gasteiger partial charge in [0.1, 0.15) is 0 Å². The first-order chi connectivity index (χ1) is 6.20. The van der Waals surface area contributed by atoms with Gasteiger partial charge in [0.15, 0.2) is 0 Å². The summed E-state index contributed by atoms with van der Waals surface area (Å²) >= 11 is 0. The van der Waals surface area contributed by atoms with Crippen LogP contribution in [0.15, 0.2) is 24.3 Å². The molecule has 1 aromatic rings. The molecule has 0 aliphatic carbocycles. The third kappa shape index (κ3) is 3.47. The molecule has 0 heterocycles. The van der Waals surface area contributed by atoms with Crippen LogP contribution >= 0.6 is 0 Å². The van der Waals surface area contributed by atoms with Gasteiger partial charge >= 0.3 is 0 Å². The zero-order chi connectivity index (χ0) is 9.68. The predicted molar refractivity (Wildman–Crippen MR) is 57.4 cm³/mol. The molecule has 0 fully saturated rings. The van der Waals surface area contributed by atoms with Crippen molar-refractivity contribution in [1.29, 1.82) is 0 Å². The molecule has 13 heavy (non-hydrogen) atoms. The lowest BCUT2D eigenvalue weighted by molar-refractivity contribution is 0.553. The van der Waals surface area contributed by atoms with Crippen molar-refractivity contribution < 1.29 is 0 Å². The minimum absolute atomic E-state index is 0.685. The Bertz CT molecular complexity index is 256. The van der Waals surface area contributed by atoms with E-state index < -0.39 is 0 Å². The van der Waals surface area contributed by atoms with Crippen LogP contribution in [0.25, 0.3) is 0 Å². The summed E-state index contributed by atoms with van der Waals surface area (Å²) in [4.78, 5) is 0. The van der Waals surface area contributed by atoms with Gasteiger partial charge in [-0.25, -0.2) is 0 Å². The number of nitrogen functional groups attached to an aromatic ring is 1. The van der Waals surface area contributed by atoms with Crippen LogP contribution in [-0.2, 0) is 6.54 Å². The first-order valence-electron chi connectivity index (χ1n) is 4.74. The van der Waals surface area contributed by atoms with Crippen LogP contribution in [0.1, 0.15) is 19.4 Å². The lowest BCUT2D eigenvalue weighted by Crippen LogP contribution is -2.19. The third-order valence-electron chi connectivity index (χ3n) is 1.92. The van der Waals surface area contributed by atoms with Crippen molar-refractivity contribution in [2.45, 2.75) is 20.4 Å². The number of hydrogen-bond donors (Lipinski definition) is 2. The minimum atomic E-state index is 0.685. The van der Waals surface area contributed by atoms with E-state index in [1.54, 1.807) is 0 Å². The van der Waals surface area contributed by atoms with Crippen LogP contribution in [0, 0.1) is 5.92 Å². The number of rotatable bonds is 4. The van der Waals surface area contributed by atoms with Crippen molar-refractivity contribution in [1.82, 2.24) is 5.32 Å². The quantitative estimate of drug-likeness (QED) is 0.692. The standard InChI is InChI=1S/C11H18N2/c1-9(2)7-13-8-10-5-3-4-6-11(10)12/h3-6,9,13H,7-8,12H2,1-2H3. The van der Waals surface area contributed by atoms with Crippen LogP contribution in [0.5, 0.6) is 0 Å². The van der Waals surface area contributed by atoms with Gasteiger partial charge in [-0.2, -0.15) is 0 Å². The number of benzene rings is 1. The van der Waals surface area contributed by atoms with Gasteiger partial charge in [0.05, 0.1) is 0 Å². The van der Waals surface area contributed by atoms with Gasteiger partial charge < -0.3 is 11.1 Å². The van der Waals surface area contributed by atoms with E-state index >= 15 is 0 Å². The first kappa shape index (κ1) is 10.1. The molecule has 3 N–H and O–H groups in total. The van der Waals surface area contributed by atoms with E-state index in [0.29, 0.717) is 5.92 Å². The van der Waals surface area contributed by atoms with Crippen molar-refractivity contribution >= 4 is 5.69 Å².